The van der Waals surface area contributed by atoms with Crippen molar-refractivity contribution in [3.05, 3.63) is 35.6 Å². The minimum atomic E-state index is -0.207. The zero-order chi connectivity index (χ0) is 14.4. The number of aromatic nitrogens is 4. The maximum Gasteiger partial charge on any atom is 0.296 e. The van der Waals surface area contributed by atoms with Gasteiger partial charge in [-0.3, -0.25) is 9.69 Å². The Morgan fingerprint density at radius 3 is 3.10 bits per heavy atom. The molecular formula is C14H13N5O2. The van der Waals surface area contributed by atoms with Crippen LogP contribution in [0.2, 0.25) is 0 Å². The molecule has 3 aromatic rings. The highest BCUT2D eigenvalue weighted by Gasteiger charge is 2.28. The van der Waals surface area contributed by atoms with E-state index in [0.717, 1.165) is 29.5 Å². The van der Waals surface area contributed by atoms with Crippen LogP contribution in [-0.2, 0) is 6.54 Å². The fourth-order valence-electron chi connectivity index (χ4n) is 2.66. The second-order valence-electron chi connectivity index (χ2n) is 5.12. The maximum absolute atomic E-state index is 12.7. The molecule has 3 heterocycles. The molecule has 0 unspecified atom stereocenters. The first-order valence-electron chi connectivity index (χ1n) is 6.81. The number of benzene rings is 1. The van der Waals surface area contributed by atoms with Gasteiger partial charge in [-0.1, -0.05) is 23.3 Å². The van der Waals surface area contributed by atoms with Crippen molar-refractivity contribution < 1.29 is 9.21 Å². The third-order valence-corrected chi connectivity index (χ3v) is 3.70. The summed E-state index contributed by atoms with van der Waals surface area (Å²) in [6, 6.07) is 7.61. The molecule has 21 heavy (non-hydrogen) atoms. The Kier molecular flexibility index (Phi) is 2.53. The lowest BCUT2D eigenvalue weighted by molar-refractivity contribution is 0.0955. The Hall–Kier alpha value is -2.70. The third kappa shape index (κ3) is 1.81. The molecule has 1 aliphatic rings. The minimum absolute atomic E-state index is 0.207. The molecule has 0 N–H and O–H groups in total. The molecule has 7 heteroatoms. The van der Waals surface area contributed by atoms with E-state index >= 15 is 0 Å². The maximum atomic E-state index is 12.7. The van der Waals surface area contributed by atoms with Crippen LogP contribution in [0.3, 0.4) is 0 Å². The fraction of sp³-hybridized carbons (Fsp3) is 0.286. The number of aryl methyl sites for hydroxylation is 2. The second kappa shape index (κ2) is 4.41. The molecular weight excluding hydrogens is 270 g/mol. The van der Waals surface area contributed by atoms with Crippen LogP contribution in [-0.4, -0.2) is 32.7 Å². The molecule has 0 aliphatic carbocycles. The molecule has 0 saturated carbocycles. The smallest absolute Gasteiger partial charge is 0.296 e. The van der Waals surface area contributed by atoms with Crippen molar-refractivity contribution in [2.75, 3.05) is 11.4 Å². The highest BCUT2D eigenvalue weighted by Crippen LogP contribution is 2.25. The third-order valence-electron chi connectivity index (χ3n) is 3.70. The Labute approximate surface area is 120 Å². The van der Waals surface area contributed by atoms with Crippen LogP contribution >= 0.6 is 0 Å². The summed E-state index contributed by atoms with van der Waals surface area (Å²) in [5, 5.41) is 12.3. The summed E-state index contributed by atoms with van der Waals surface area (Å²) in [5.74, 6) is 0.584. The van der Waals surface area contributed by atoms with E-state index in [1.165, 1.54) is 0 Å². The molecule has 2 aromatic heterocycles. The van der Waals surface area contributed by atoms with E-state index in [-0.39, 0.29) is 5.91 Å². The van der Waals surface area contributed by atoms with Gasteiger partial charge in [0.2, 0.25) is 0 Å². The number of fused-ring (bicyclic) bond motifs is 2. The molecule has 1 aromatic carbocycles. The second-order valence-corrected chi connectivity index (χ2v) is 5.12. The molecule has 0 bridgehead atoms. The fourth-order valence-corrected chi connectivity index (χ4v) is 2.66. The zero-order valence-electron chi connectivity index (χ0n) is 11.5. The Morgan fingerprint density at radius 2 is 2.24 bits per heavy atom. The van der Waals surface area contributed by atoms with Crippen molar-refractivity contribution in [1.82, 2.24) is 20.2 Å². The van der Waals surface area contributed by atoms with E-state index in [1.54, 1.807) is 15.6 Å². The average Bonchev–Trinajstić information content (AvgIpc) is 3.13. The van der Waals surface area contributed by atoms with Gasteiger partial charge in [-0.15, -0.1) is 0 Å². The molecule has 0 saturated heterocycles. The van der Waals surface area contributed by atoms with Gasteiger partial charge in [0.05, 0.1) is 0 Å². The minimum Gasteiger partial charge on any atom is -0.451 e. The van der Waals surface area contributed by atoms with Gasteiger partial charge in [0.15, 0.2) is 5.76 Å². The predicted octanol–water partition coefficient (Wildman–Crippen LogP) is 1.78. The van der Waals surface area contributed by atoms with Crippen LogP contribution in [0.1, 0.15) is 22.5 Å². The number of anilines is 1. The van der Waals surface area contributed by atoms with Crippen LogP contribution in [0.15, 0.2) is 28.7 Å². The molecule has 1 aliphatic heterocycles. The van der Waals surface area contributed by atoms with E-state index < -0.39 is 0 Å². The number of hydrogen-bond donors (Lipinski definition) is 0. The van der Waals surface area contributed by atoms with Gasteiger partial charge in [-0.2, -0.15) is 0 Å². The highest BCUT2D eigenvalue weighted by atomic mass is 16.3. The standard InChI is InChI=1S/C14H13N5O2/c1-9-4-2-5-10-8-11(21-12(9)10)13(20)18-6-3-7-19-14(18)15-16-17-19/h2,4-5,8H,3,6-7H2,1H3. The van der Waals surface area contributed by atoms with Crippen molar-refractivity contribution in [3.8, 4) is 0 Å². The molecule has 1 amide bonds. The molecule has 0 fully saturated rings. The molecule has 0 atom stereocenters. The molecule has 0 spiro atoms. The zero-order valence-corrected chi connectivity index (χ0v) is 11.5. The van der Waals surface area contributed by atoms with Crippen LogP contribution in [0.4, 0.5) is 5.95 Å². The molecule has 106 valence electrons. The largest absolute Gasteiger partial charge is 0.451 e. The molecule has 7 nitrogen and oxygen atoms in total. The normalized spacial score (nSPS) is 14.4. The summed E-state index contributed by atoms with van der Waals surface area (Å²) in [6.07, 6.45) is 0.822. The summed E-state index contributed by atoms with van der Waals surface area (Å²) < 4.78 is 7.37. The van der Waals surface area contributed by atoms with Gasteiger partial charge in [0, 0.05) is 18.5 Å². The van der Waals surface area contributed by atoms with E-state index in [0.29, 0.717) is 18.3 Å². The van der Waals surface area contributed by atoms with Gasteiger partial charge >= 0.3 is 0 Å². The van der Waals surface area contributed by atoms with Crippen LogP contribution in [0, 0.1) is 6.92 Å². The van der Waals surface area contributed by atoms with Gasteiger partial charge in [0.25, 0.3) is 11.9 Å². The first-order chi connectivity index (χ1) is 10.2. The first kappa shape index (κ1) is 12.1. The van der Waals surface area contributed by atoms with Crippen LogP contribution in [0.25, 0.3) is 11.0 Å². The van der Waals surface area contributed by atoms with Crippen LogP contribution in [0.5, 0.6) is 0 Å². The van der Waals surface area contributed by atoms with Gasteiger partial charge < -0.3 is 4.42 Å². The average molecular weight is 283 g/mol. The number of rotatable bonds is 1. The number of furan rings is 1. The Bertz CT molecular complexity index is 835. The van der Waals surface area contributed by atoms with Crippen LogP contribution < -0.4 is 4.90 Å². The predicted molar refractivity (Wildman–Crippen MR) is 75.1 cm³/mol. The summed E-state index contributed by atoms with van der Waals surface area (Å²) >= 11 is 0. The number of tetrazole rings is 1. The molecule has 0 radical (unpaired) electrons. The number of hydrogen-bond acceptors (Lipinski definition) is 5. The van der Waals surface area contributed by atoms with E-state index in [1.807, 2.05) is 25.1 Å². The van der Waals surface area contributed by atoms with Crippen molar-refractivity contribution >= 4 is 22.8 Å². The number of amides is 1. The number of carbonyl (C=O) groups is 1. The van der Waals surface area contributed by atoms with Crippen molar-refractivity contribution in [2.45, 2.75) is 19.9 Å². The van der Waals surface area contributed by atoms with E-state index in [4.69, 9.17) is 4.42 Å². The number of nitrogens with zero attached hydrogens (tertiary/aromatic N) is 5. The quantitative estimate of drug-likeness (QED) is 0.680. The summed E-state index contributed by atoms with van der Waals surface area (Å²) in [4.78, 5) is 14.2. The van der Waals surface area contributed by atoms with Crippen molar-refractivity contribution in [2.24, 2.45) is 0 Å². The number of carbonyl (C=O) groups excluding carboxylic acids is 1. The summed E-state index contributed by atoms with van der Waals surface area (Å²) in [7, 11) is 0. The van der Waals surface area contributed by atoms with Gasteiger partial charge in [0.1, 0.15) is 5.58 Å². The Morgan fingerprint density at radius 1 is 1.33 bits per heavy atom. The summed E-state index contributed by atoms with van der Waals surface area (Å²) in [5.41, 5.74) is 1.76. The molecule has 4 rings (SSSR count). The van der Waals surface area contributed by atoms with Crippen molar-refractivity contribution in [1.29, 1.82) is 0 Å². The topological polar surface area (TPSA) is 77.1 Å². The van der Waals surface area contributed by atoms with Gasteiger partial charge in [-0.05, 0) is 35.4 Å². The van der Waals surface area contributed by atoms with E-state index in [2.05, 4.69) is 15.5 Å². The number of para-hydroxylation sites is 1. The SMILES string of the molecule is Cc1cccc2cc(C(=O)N3CCCn4nnnc43)oc12. The van der Waals surface area contributed by atoms with Gasteiger partial charge in [-0.25, -0.2) is 4.68 Å². The lowest BCUT2D eigenvalue weighted by Gasteiger charge is -2.24. The van der Waals surface area contributed by atoms with E-state index in [9.17, 15) is 4.79 Å². The lowest BCUT2D eigenvalue weighted by Crippen LogP contribution is -2.37. The monoisotopic (exact) mass is 283 g/mol. The first-order valence-corrected chi connectivity index (χ1v) is 6.81. The Balaban J connectivity index is 1.76. The highest BCUT2D eigenvalue weighted by molar-refractivity contribution is 6.05. The van der Waals surface area contributed by atoms with Crippen molar-refractivity contribution in [3.63, 3.8) is 0 Å². The summed E-state index contributed by atoms with van der Waals surface area (Å²) in [6.45, 7) is 3.28. The lowest BCUT2D eigenvalue weighted by atomic mass is 10.2.